The zero-order valence-electron chi connectivity index (χ0n) is 13.7. The van der Waals surface area contributed by atoms with Crippen LogP contribution in [0.5, 0.6) is 0 Å². The molecule has 122 valence electrons. The highest BCUT2D eigenvalue weighted by atomic mass is 79.9. The molecule has 0 N–H and O–H groups in total. The average Bonchev–Trinajstić information content (AvgIpc) is 2.69. The van der Waals surface area contributed by atoms with Crippen LogP contribution >= 0.6 is 15.9 Å². The number of benzene rings is 2. The lowest BCUT2D eigenvalue weighted by Crippen LogP contribution is -1.98. The van der Waals surface area contributed by atoms with E-state index in [1.165, 1.54) is 5.57 Å². The van der Waals surface area contributed by atoms with E-state index < -0.39 is 0 Å². The van der Waals surface area contributed by atoms with Crippen LogP contribution in [-0.4, -0.2) is 9.97 Å². The molecule has 0 aliphatic heterocycles. The second-order valence-corrected chi connectivity index (χ2v) is 6.89. The summed E-state index contributed by atoms with van der Waals surface area (Å²) in [7, 11) is 0. The van der Waals surface area contributed by atoms with Crippen molar-refractivity contribution in [1.29, 1.82) is 0 Å². The van der Waals surface area contributed by atoms with Crippen molar-refractivity contribution >= 4 is 21.5 Å². The highest BCUT2D eigenvalue weighted by Gasteiger charge is 2.11. The quantitative estimate of drug-likeness (QED) is 0.525. The first-order valence-corrected chi connectivity index (χ1v) is 9.16. The van der Waals surface area contributed by atoms with Crippen LogP contribution in [0.15, 0.2) is 83.4 Å². The lowest BCUT2D eigenvalue weighted by atomic mass is 10.0. The molecule has 1 heterocycles. The van der Waals surface area contributed by atoms with Crippen LogP contribution in [-0.2, 0) is 0 Å². The first-order chi connectivity index (χ1) is 12.3. The van der Waals surface area contributed by atoms with Crippen LogP contribution in [0.1, 0.15) is 18.5 Å². The summed E-state index contributed by atoms with van der Waals surface area (Å²) < 4.78 is 1.04. The van der Waals surface area contributed by atoms with Crippen LogP contribution in [0.3, 0.4) is 0 Å². The molecule has 1 aliphatic rings. The molecule has 0 spiro atoms. The van der Waals surface area contributed by atoms with Crippen molar-refractivity contribution in [1.82, 2.24) is 9.97 Å². The number of aromatic nitrogens is 2. The molecule has 0 unspecified atom stereocenters. The predicted molar refractivity (Wildman–Crippen MR) is 107 cm³/mol. The summed E-state index contributed by atoms with van der Waals surface area (Å²) in [5.74, 6) is 0.757. The van der Waals surface area contributed by atoms with E-state index in [1.54, 1.807) is 0 Å². The number of halogens is 1. The molecule has 0 amide bonds. The Morgan fingerprint density at radius 2 is 1.56 bits per heavy atom. The molecule has 3 heteroatoms. The molecule has 0 fully saturated rings. The summed E-state index contributed by atoms with van der Waals surface area (Å²) >= 11 is 3.55. The Bertz CT molecular complexity index is 959. The number of nitrogens with zero attached hydrogens (tertiary/aromatic N) is 2. The van der Waals surface area contributed by atoms with Gasteiger partial charge in [0, 0.05) is 15.6 Å². The third kappa shape index (κ3) is 3.62. The van der Waals surface area contributed by atoms with Crippen molar-refractivity contribution in [3.8, 4) is 22.6 Å². The monoisotopic (exact) mass is 388 g/mol. The van der Waals surface area contributed by atoms with Crippen molar-refractivity contribution in [2.24, 2.45) is 0 Å². The van der Waals surface area contributed by atoms with Gasteiger partial charge >= 0.3 is 0 Å². The normalized spacial score (nSPS) is 13.6. The fourth-order valence-electron chi connectivity index (χ4n) is 2.91. The largest absolute Gasteiger partial charge is 0.228 e. The van der Waals surface area contributed by atoms with Gasteiger partial charge in [-0.15, -0.1) is 0 Å². The van der Waals surface area contributed by atoms with E-state index in [0.29, 0.717) is 0 Å². The van der Waals surface area contributed by atoms with Gasteiger partial charge < -0.3 is 0 Å². The zero-order chi connectivity index (χ0) is 17.1. The molecule has 0 saturated heterocycles. The van der Waals surface area contributed by atoms with Crippen LogP contribution in [0.25, 0.3) is 28.2 Å². The SMILES string of the molecule is Brc1cccc(-c2cc(C3=CCCC=C3)nc(-c3ccccc3)n2)c1. The van der Waals surface area contributed by atoms with Crippen molar-refractivity contribution in [2.45, 2.75) is 12.8 Å². The Kier molecular flexibility index (Phi) is 4.57. The standard InChI is InChI=1S/C22H17BrN2/c23-19-13-7-12-18(14-19)21-15-20(16-8-3-1-4-9-16)24-22(25-21)17-10-5-2-6-11-17/h2-3,5-15H,1,4H2. The lowest BCUT2D eigenvalue weighted by molar-refractivity contribution is 1.03. The third-order valence-electron chi connectivity index (χ3n) is 4.17. The summed E-state index contributed by atoms with van der Waals surface area (Å²) in [6.45, 7) is 0. The van der Waals surface area contributed by atoms with E-state index in [9.17, 15) is 0 Å². The molecule has 2 nitrogen and oxygen atoms in total. The van der Waals surface area contributed by atoms with Gasteiger partial charge in [-0.05, 0) is 36.6 Å². The maximum Gasteiger partial charge on any atom is 0.160 e. The maximum absolute atomic E-state index is 4.83. The number of rotatable bonds is 3. The van der Waals surface area contributed by atoms with Crippen molar-refractivity contribution in [3.63, 3.8) is 0 Å². The molecule has 2 aromatic carbocycles. The van der Waals surface area contributed by atoms with Gasteiger partial charge in [-0.25, -0.2) is 9.97 Å². The topological polar surface area (TPSA) is 25.8 Å². The maximum atomic E-state index is 4.83. The number of hydrogen-bond donors (Lipinski definition) is 0. The molecule has 1 aliphatic carbocycles. The van der Waals surface area contributed by atoms with Crippen LogP contribution < -0.4 is 0 Å². The fraction of sp³-hybridized carbons (Fsp3) is 0.0909. The minimum absolute atomic E-state index is 0.757. The van der Waals surface area contributed by atoms with Crippen molar-refractivity contribution in [2.75, 3.05) is 0 Å². The van der Waals surface area contributed by atoms with Crippen LogP contribution in [0.4, 0.5) is 0 Å². The van der Waals surface area contributed by atoms with E-state index in [0.717, 1.165) is 45.7 Å². The van der Waals surface area contributed by atoms with Gasteiger partial charge in [0.25, 0.3) is 0 Å². The fourth-order valence-corrected chi connectivity index (χ4v) is 3.31. The van der Waals surface area contributed by atoms with E-state index in [4.69, 9.17) is 9.97 Å². The van der Waals surface area contributed by atoms with E-state index >= 15 is 0 Å². The molecule has 1 aromatic heterocycles. The van der Waals surface area contributed by atoms with Gasteiger partial charge in [-0.2, -0.15) is 0 Å². The summed E-state index contributed by atoms with van der Waals surface area (Å²) in [6.07, 6.45) is 8.77. The summed E-state index contributed by atoms with van der Waals surface area (Å²) in [6, 6.07) is 20.4. The van der Waals surface area contributed by atoms with Gasteiger partial charge in [-0.3, -0.25) is 0 Å². The van der Waals surface area contributed by atoms with E-state index in [2.05, 4.69) is 64.5 Å². The smallest absolute Gasteiger partial charge is 0.160 e. The Labute approximate surface area is 156 Å². The van der Waals surface area contributed by atoms with Crippen molar-refractivity contribution < 1.29 is 0 Å². The van der Waals surface area contributed by atoms with E-state index in [-0.39, 0.29) is 0 Å². The molecule has 25 heavy (non-hydrogen) atoms. The highest BCUT2D eigenvalue weighted by molar-refractivity contribution is 9.10. The second kappa shape index (κ2) is 7.16. The van der Waals surface area contributed by atoms with Gasteiger partial charge in [0.15, 0.2) is 5.82 Å². The Balaban J connectivity index is 1.89. The van der Waals surface area contributed by atoms with Crippen LogP contribution in [0.2, 0.25) is 0 Å². The Morgan fingerprint density at radius 1 is 0.760 bits per heavy atom. The predicted octanol–water partition coefficient (Wildman–Crippen LogP) is 6.31. The molecule has 4 rings (SSSR count). The van der Waals surface area contributed by atoms with Gasteiger partial charge in [0.05, 0.1) is 11.4 Å². The molecular formula is C22H17BrN2. The number of hydrogen-bond acceptors (Lipinski definition) is 2. The first-order valence-electron chi connectivity index (χ1n) is 8.37. The Morgan fingerprint density at radius 3 is 2.32 bits per heavy atom. The molecule has 0 saturated carbocycles. The minimum Gasteiger partial charge on any atom is -0.228 e. The summed E-state index contributed by atoms with van der Waals surface area (Å²) in [4.78, 5) is 9.66. The van der Waals surface area contributed by atoms with Crippen LogP contribution in [0, 0.1) is 0 Å². The average molecular weight is 389 g/mol. The summed E-state index contributed by atoms with van der Waals surface area (Å²) in [5, 5.41) is 0. The summed E-state index contributed by atoms with van der Waals surface area (Å²) in [5.41, 5.74) is 5.18. The van der Waals surface area contributed by atoms with Gasteiger partial charge in [0.2, 0.25) is 0 Å². The van der Waals surface area contributed by atoms with Gasteiger partial charge in [0.1, 0.15) is 0 Å². The third-order valence-corrected chi connectivity index (χ3v) is 4.66. The Hall–Kier alpha value is -2.52. The molecule has 0 atom stereocenters. The van der Waals surface area contributed by atoms with Gasteiger partial charge in [-0.1, -0.05) is 76.6 Å². The lowest BCUT2D eigenvalue weighted by Gasteiger charge is -2.11. The zero-order valence-corrected chi connectivity index (χ0v) is 15.3. The molecular weight excluding hydrogens is 372 g/mol. The first kappa shape index (κ1) is 16.0. The van der Waals surface area contributed by atoms with Crippen molar-refractivity contribution in [3.05, 3.63) is 89.1 Å². The molecule has 0 bridgehead atoms. The minimum atomic E-state index is 0.757. The highest BCUT2D eigenvalue weighted by Crippen LogP contribution is 2.28. The molecule has 3 aromatic rings. The number of allylic oxidation sites excluding steroid dienone is 4. The second-order valence-electron chi connectivity index (χ2n) is 5.98. The molecule has 0 radical (unpaired) electrons. The van der Waals surface area contributed by atoms with E-state index in [1.807, 2.05) is 30.3 Å².